The number of anilines is 4. The van der Waals surface area contributed by atoms with Gasteiger partial charge in [0.25, 0.3) is 0 Å². The summed E-state index contributed by atoms with van der Waals surface area (Å²) in [5.74, 6) is 0.574. The van der Waals surface area contributed by atoms with Crippen LogP contribution in [0.25, 0.3) is 0 Å². The minimum Gasteiger partial charge on any atom is -0.339 e. The summed E-state index contributed by atoms with van der Waals surface area (Å²) in [6.45, 7) is 0. The Kier molecular flexibility index (Phi) is 4.71. The second-order valence-corrected chi connectivity index (χ2v) is 5.43. The molecule has 9 heteroatoms. The van der Waals surface area contributed by atoms with Crippen molar-refractivity contribution in [1.82, 2.24) is 15.2 Å². The first-order valence-electron chi connectivity index (χ1n) is 7.07. The molecule has 0 aliphatic heterocycles. The Balaban J connectivity index is 1.72. The van der Waals surface area contributed by atoms with Crippen molar-refractivity contribution in [2.24, 2.45) is 0 Å². The fourth-order valence-electron chi connectivity index (χ4n) is 1.97. The Hall–Kier alpha value is -2.87. The number of halogens is 4. The van der Waals surface area contributed by atoms with E-state index in [1.807, 2.05) is 0 Å². The van der Waals surface area contributed by atoms with Crippen molar-refractivity contribution in [3.8, 4) is 0 Å². The zero-order valence-electron chi connectivity index (χ0n) is 12.5. The Bertz CT molecular complexity index is 851. The molecule has 3 rings (SSSR count). The molecule has 0 saturated carbocycles. The molecule has 2 aromatic carbocycles. The normalized spacial score (nSPS) is 11.2. The highest BCUT2D eigenvalue weighted by Crippen LogP contribution is 2.30. The van der Waals surface area contributed by atoms with Crippen molar-refractivity contribution in [3.05, 3.63) is 65.3 Å². The quantitative estimate of drug-likeness (QED) is 0.679. The van der Waals surface area contributed by atoms with Crippen LogP contribution in [0.5, 0.6) is 0 Å². The lowest BCUT2D eigenvalue weighted by atomic mass is 10.2. The van der Waals surface area contributed by atoms with Crippen molar-refractivity contribution < 1.29 is 13.2 Å². The molecule has 0 atom stereocenters. The number of hydrogen-bond acceptors (Lipinski definition) is 5. The van der Waals surface area contributed by atoms with Gasteiger partial charge in [-0.3, -0.25) is 0 Å². The minimum atomic E-state index is -4.37. The summed E-state index contributed by atoms with van der Waals surface area (Å²) < 4.78 is 37.7. The van der Waals surface area contributed by atoms with Crippen LogP contribution in [0.3, 0.4) is 0 Å². The molecule has 0 radical (unpaired) electrons. The monoisotopic (exact) mass is 365 g/mol. The highest BCUT2D eigenvalue weighted by atomic mass is 35.5. The average Bonchev–Trinajstić information content (AvgIpc) is 2.57. The van der Waals surface area contributed by atoms with Crippen LogP contribution in [0.4, 0.5) is 36.3 Å². The van der Waals surface area contributed by atoms with Gasteiger partial charge in [0, 0.05) is 16.4 Å². The van der Waals surface area contributed by atoms with Gasteiger partial charge in [0.05, 0.1) is 11.8 Å². The zero-order chi connectivity index (χ0) is 17.9. The first-order chi connectivity index (χ1) is 11.9. The van der Waals surface area contributed by atoms with Gasteiger partial charge >= 0.3 is 6.18 Å². The van der Waals surface area contributed by atoms with E-state index < -0.39 is 11.7 Å². The molecule has 1 heterocycles. The Labute approximate surface area is 145 Å². The van der Waals surface area contributed by atoms with Crippen LogP contribution < -0.4 is 10.6 Å². The van der Waals surface area contributed by atoms with E-state index in [0.29, 0.717) is 16.5 Å². The molecule has 0 fully saturated rings. The molecule has 0 amide bonds. The molecule has 0 aliphatic carbocycles. The van der Waals surface area contributed by atoms with Crippen molar-refractivity contribution in [1.29, 1.82) is 0 Å². The fourth-order valence-corrected chi connectivity index (χ4v) is 2.10. The third-order valence-corrected chi connectivity index (χ3v) is 3.40. The fraction of sp³-hybridized carbons (Fsp3) is 0.0625. The summed E-state index contributed by atoms with van der Waals surface area (Å²) in [6, 6.07) is 11.5. The lowest BCUT2D eigenvalue weighted by Crippen LogP contribution is -2.05. The number of rotatable bonds is 4. The van der Waals surface area contributed by atoms with Crippen LogP contribution in [0.2, 0.25) is 5.02 Å². The molecule has 3 aromatic rings. The maximum Gasteiger partial charge on any atom is 0.416 e. The molecular formula is C16H11ClF3N5. The van der Waals surface area contributed by atoms with Crippen LogP contribution in [0.1, 0.15) is 5.56 Å². The number of hydrogen-bond donors (Lipinski definition) is 2. The maximum atomic E-state index is 12.6. The van der Waals surface area contributed by atoms with Gasteiger partial charge in [-0.1, -0.05) is 11.6 Å². The summed E-state index contributed by atoms with van der Waals surface area (Å²) in [5.41, 5.74) is 0.452. The summed E-state index contributed by atoms with van der Waals surface area (Å²) >= 11 is 5.82. The van der Waals surface area contributed by atoms with E-state index >= 15 is 0 Å². The van der Waals surface area contributed by atoms with Crippen molar-refractivity contribution in [2.45, 2.75) is 6.18 Å². The summed E-state index contributed by atoms with van der Waals surface area (Å²) in [5, 5.41) is 14.1. The zero-order valence-corrected chi connectivity index (χ0v) is 13.3. The van der Waals surface area contributed by atoms with Crippen molar-refractivity contribution >= 4 is 34.7 Å². The average molecular weight is 366 g/mol. The predicted octanol–water partition coefficient (Wildman–Crippen LogP) is 5.03. The minimum absolute atomic E-state index is 0.235. The largest absolute Gasteiger partial charge is 0.416 e. The number of benzene rings is 2. The predicted molar refractivity (Wildman–Crippen MR) is 89.3 cm³/mol. The molecular weight excluding hydrogens is 355 g/mol. The van der Waals surface area contributed by atoms with E-state index in [-0.39, 0.29) is 5.95 Å². The van der Waals surface area contributed by atoms with Crippen molar-refractivity contribution in [2.75, 3.05) is 10.6 Å². The van der Waals surface area contributed by atoms with Gasteiger partial charge in [-0.05, 0) is 48.5 Å². The molecule has 0 bridgehead atoms. The third-order valence-electron chi connectivity index (χ3n) is 3.14. The smallest absolute Gasteiger partial charge is 0.339 e. The van der Waals surface area contributed by atoms with Gasteiger partial charge in [0.15, 0.2) is 5.82 Å². The van der Waals surface area contributed by atoms with E-state index in [0.717, 1.165) is 17.8 Å². The molecule has 0 saturated heterocycles. The second kappa shape index (κ2) is 6.94. The van der Waals surface area contributed by atoms with E-state index in [1.54, 1.807) is 24.3 Å². The van der Waals surface area contributed by atoms with Crippen LogP contribution >= 0.6 is 11.6 Å². The summed E-state index contributed by atoms with van der Waals surface area (Å²) in [7, 11) is 0. The second-order valence-electron chi connectivity index (χ2n) is 5.00. The number of nitrogens with zero attached hydrogens (tertiary/aromatic N) is 3. The van der Waals surface area contributed by atoms with E-state index in [2.05, 4.69) is 25.8 Å². The molecule has 128 valence electrons. The van der Waals surface area contributed by atoms with Crippen molar-refractivity contribution in [3.63, 3.8) is 0 Å². The standard InChI is InChI=1S/C16H11ClF3N5/c17-11-3-7-13(8-4-11)23-15-24-14(9-21-25-15)22-12-5-1-10(2-6-12)16(18,19)20/h1-9H,(H2,22,23,24,25). The first-order valence-corrected chi connectivity index (χ1v) is 7.44. The van der Waals surface area contributed by atoms with E-state index in [9.17, 15) is 13.2 Å². The molecule has 0 unspecified atom stereocenters. The number of aromatic nitrogens is 3. The lowest BCUT2D eigenvalue weighted by Gasteiger charge is -2.09. The molecule has 5 nitrogen and oxygen atoms in total. The molecule has 2 N–H and O–H groups in total. The number of nitrogens with one attached hydrogen (secondary N) is 2. The molecule has 0 aliphatic rings. The van der Waals surface area contributed by atoms with Gasteiger partial charge in [0.2, 0.25) is 5.95 Å². The van der Waals surface area contributed by atoms with Gasteiger partial charge in [-0.25, -0.2) is 0 Å². The summed E-state index contributed by atoms with van der Waals surface area (Å²) in [4.78, 5) is 4.21. The Morgan fingerprint density at radius 1 is 0.840 bits per heavy atom. The van der Waals surface area contributed by atoms with Gasteiger partial charge < -0.3 is 10.6 Å². The lowest BCUT2D eigenvalue weighted by molar-refractivity contribution is -0.137. The number of alkyl halides is 3. The molecule has 25 heavy (non-hydrogen) atoms. The van der Waals surface area contributed by atoms with Crippen LogP contribution in [-0.4, -0.2) is 15.2 Å². The highest BCUT2D eigenvalue weighted by molar-refractivity contribution is 6.30. The molecule has 1 aromatic heterocycles. The summed E-state index contributed by atoms with van der Waals surface area (Å²) in [6.07, 6.45) is -3.00. The van der Waals surface area contributed by atoms with Gasteiger partial charge in [-0.15, -0.1) is 5.10 Å². The van der Waals surface area contributed by atoms with Crippen LogP contribution in [-0.2, 0) is 6.18 Å². The van der Waals surface area contributed by atoms with E-state index in [4.69, 9.17) is 11.6 Å². The Morgan fingerprint density at radius 2 is 1.44 bits per heavy atom. The van der Waals surface area contributed by atoms with Gasteiger partial charge in [-0.2, -0.15) is 23.3 Å². The highest BCUT2D eigenvalue weighted by Gasteiger charge is 2.29. The molecule has 0 spiro atoms. The van der Waals surface area contributed by atoms with Gasteiger partial charge in [0.1, 0.15) is 0 Å². The first kappa shape index (κ1) is 17.0. The third kappa shape index (κ3) is 4.57. The topological polar surface area (TPSA) is 62.7 Å². The van der Waals surface area contributed by atoms with Crippen LogP contribution in [0.15, 0.2) is 54.7 Å². The van der Waals surface area contributed by atoms with Crippen LogP contribution in [0, 0.1) is 0 Å². The van der Waals surface area contributed by atoms with E-state index in [1.165, 1.54) is 18.3 Å². The SMILES string of the molecule is FC(F)(F)c1ccc(Nc2cnnc(Nc3ccc(Cl)cc3)n2)cc1. The Morgan fingerprint density at radius 3 is 2.08 bits per heavy atom. The maximum absolute atomic E-state index is 12.6.